The second-order valence-electron chi connectivity index (χ2n) is 4.96. The first-order chi connectivity index (χ1) is 11.0. The maximum Gasteiger partial charge on any atom is 0.286 e. The summed E-state index contributed by atoms with van der Waals surface area (Å²) in [6.45, 7) is 1.26. The summed E-state index contributed by atoms with van der Waals surface area (Å²) in [7, 11) is 2.77. The first kappa shape index (κ1) is 17.0. The number of methoxy groups -OCH3 is 2. The molecular formula is C14H19N3O6. The summed E-state index contributed by atoms with van der Waals surface area (Å²) < 4.78 is 15.6. The van der Waals surface area contributed by atoms with Crippen LogP contribution < -0.4 is 15.2 Å². The third-order valence-electron chi connectivity index (χ3n) is 3.62. The number of nitro benzene ring substituents is 1. The van der Waals surface area contributed by atoms with E-state index in [2.05, 4.69) is 0 Å². The van der Waals surface area contributed by atoms with Gasteiger partial charge in [-0.15, -0.1) is 0 Å². The van der Waals surface area contributed by atoms with Crippen molar-refractivity contribution in [2.24, 2.45) is 5.73 Å². The van der Waals surface area contributed by atoms with Crippen LogP contribution in [-0.2, 0) is 4.74 Å². The third kappa shape index (κ3) is 3.51. The molecular weight excluding hydrogens is 306 g/mol. The van der Waals surface area contributed by atoms with E-state index in [1.807, 2.05) is 0 Å². The Balaban J connectivity index is 2.40. The molecule has 1 atom stereocenters. The number of nitrogens with zero attached hydrogens (tertiary/aromatic N) is 2. The van der Waals surface area contributed by atoms with Gasteiger partial charge in [-0.1, -0.05) is 0 Å². The van der Waals surface area contributed by atoms with Crippen LogP contribution in [0.1, 0.15) is 10.4 Å². The molecule has 1 fully saturated rings. The molecule has 0 spiro atoms. The number of amides is 1. The molecule has 0 aromatic heterocycles. The summed E-state index contributed by atoms with van der Waals surface area (Å²) >= 11 is 0. The number of nitro groups is 1. The molecule has 9 nitrogen and oxygen atoms in total. The van der Waals surface area contributed by atoms with Crippen molar-refractivity contribution in [3.05, 3.63) is 27.8 Å². The van der Waals surface area contributed by atoms with Gasteiger partial charge in [0.15, 0.2) is 11.5 Å². The van der Waals surface area contributed by atoms with Crippen LogP contribution in [0.25, 0.3) is 0 Å². The number of carbonyl (C=O) groups is 1. The van der Waals surface area contributed by atoms with Crippen LogP contribution in [0.4, 0.5) is 5.69 Å². The van der Waals surface area contributed by atoms with Crippen molar-refractivity contribution >= 4 is 11.6 Å². The zero-order valence-electron chi connectivity index (χ0n) is 13.0. The second kappa shape index (κ2) is 7.25. The Morgan fingerprint density at radius 2 is 2.09 bits per heavy atom. The molecule has 126 valence electrons. The summed E-state index contributed by atoms with van der Waals surface area (Å²) in [4.78, 5) is 24.9. The maximum absolute atomic E-state index is 12.7. The number of hydrogen-bond acceptors (Lipinski definition) is 7. The van der Waals surface area contributed by atoms with E-state index >= 15 is 0 Å². The number of hydrogen-bond donors (Lipinski definition) is 1. The van der Waals surface area contributed by atoms with E-state index in [1.54, 1.807) is 0 Å². The van der Waals surface area contributed by atoms with Gasteiger partial charge in [0.25, 0.3) is 11.6 Å². The van der Waals surface area contributed by atoms with Crippen LogP contribution in [0.15, 0.2) is 12.1 Å². The molecule has 1 aromatic carbocycles. The number of morpholine rings is 1. The summed E-state index contributed by atoms with van der Waals surface area (Å²) in [5.74, 6) is -0.0120. The zero-order valence-corrected chi connectivity index (χ0v) is 13.0. The highest BCUT2D eigenvalue weighted by Crippen LogP contribution is 2.35. The van der Waals surface area contributed by atoms with Crippen molar-refractivity contribution in [3.8, 4) is 11.5 Å². The van der Waals surface area contributed by atoms with E-state index in [0.717, 1.165) is 0 Å². The maximum atomic E-state index is 12.7. The SMILES string of the molecule is COc1cc(C(=O)N2CCOC(CN)C2)c([N+](=O)[O-])cc1OC. The van der Waals surface area contributed by atoms with Gasteiger partial charge in [-0.25, -0.2) is 0 Å². The van der Waals surface area contributed by atoms with Gasteiger partial charge in [0.1, 0.15) is 5.56 Å². The van der Waals surface area contributed by atoms with E-state index < -0.39 is 10.8 Å². The number of ether oxygens (including phenoxy) is 3. The number of benzene rings is 1. The summed E-state index contributed by atoms with van der Waals surface area (Å²) in [6.07, 6.45) is -0.271. The quantitative estimate of drug-likeness (QED) is 0.615. The fourth-order valence-corrected chi connectivity index (χ4v) is 2.41. The lowest BCUT2D eigenvalue weighted by Gasteiger charge is -2.32. The lowest BCUT2D eigenvalue weighted by Crippen LogP contribution is -2.48. The average molecular weight is 325 g/mol. The Morgan fingerprint density at radius 1 is 1.43 bits per heavy atom. The lowest BCUT2D eigenvalue weighted by atomic mass is 10.1. The van der Waals surface area contributed by atoms with Crippen LogP contribution in [0.5, 0.6) is 11.5 Å². The van der Waals surface area contributed by atoms with Crippen LogP contribution in [-0.4, -0.2) is 62.3 Å². The molecule has 0 bridgehead atoms. The fourth-order valence-electron chi connectivity index (χ4n) is 2.41. The summed E-state index contributed by atoms with van der Waals surface area (Å²) in [5, 5.41) is 11.3. The molecule has 0 saturated carbocycles. The molecule has 1 aliphatic rings. The number of carbonyl (C=O) groups excluding carboxylic acids is 1. The van der Waals surface area contributed by atoms with E-state index in [-0.39, 0.29) is 35.4 Å². The molecule has 0 radical (unpaired) electrons. The van der Waals surface area contributed by atoms with Gasteiger partial charge in [-0.3, -0.25) is 14.9 Å². The largest absolute Gasteiger partial charge is 0.493 e. The topological polar surface area (TPSA) is 117 Å². The van der Waals surface area contributed by atoms with Crippen molar-refractivity contribution < 1.29 is 23.9 Å². The van der Waals surface area contributed by atoms with Gasteiger partial charge >= 0.3 is 0 Å². The van der Waals surface area contributed by atoms with Gasteiger partial charge in [0.05, 0.1) is 37.9 Å². The third-order valence-corrected chi connectivity index (χ3v) is 3.62. The highest BCUT2D eigenvalue weighted by Gasteiger charge is 2.30. The highest BCUT2D eigenvalue weighted by molar-refractivity contribution is 5.99. The minimum atomic E-state index is -0.615. The number of nitrogens with two attached hydrogens (primary N) is 1. The Morgan fingerprint density at radius 3 is 2.65 bits per heavy atom. The highest BCUT2D eigenvalue weighted by atomic mass is 16.6. The molecule has 23 heavy (non-hydrogen) atoms. The average Bonchev–Trinajstić information content (AvgIpc) is 2.59. The molecule has 1 saturated heterocycles. The van der Waals surface area contributed by atoms with Crippen molar-refractivity contribution in [3.63, 3.8) is 0 Å². The van der Waals surface area contributed by atoms with E-state index in [0.29, 0.717) is 19.7 Å². The molecule has 1 unspecified atom stereocenters. The Kier molecular flexibility index (Phi) is 5.35. The Bertz CT molecular complexity index is 606. The minimum absolute atomic E-state index is 0.0506. The Labute approximate surface area is 133 Å². The second-order valence-corrected chi connectivity index (χ2v) is 4.96. The molecule has 2 rings (SSSR count). The normalized spacial score (nSPS) is 17.7. The van der Waals surface area contributed by atoms with Gasteiger partial charge in [0, 0.05) is 25.7 Å². The van der Waals surface area contributed by atoms with Gasteiger partial charge in [-0.05, 0) is 0 Å². The fraction of sp³-hybridized carbons (Fsp3) is 0.500. The van der Waals surface area contributed by atoms with Crippen molar-refractivity contribution in [2.45, 2.75) is 6.10 Å². The van der Waals surface area contributed by atoms with Crippen LogP contribution in [0, 0.1) is 10.1 Å². The predicted molar refractivity (Wildman–Crippen MR) is 80.9 cm³/mol. The standard InChI is InChI=1S/C14H19N3O6/c1-21-12-5-10(11(17(19)20)6-13(12)22-2)14(18)16-3-4-23-9(7-15)8-16/h5-6,9H,3-4,7-8,15H2,1-2H3. The van der Waals surface area contributed by atoms with E-state index in [1.165, 1.54) is 31.3 Å². The summed E-state index contributed by atoms with van der Waals surface area (Å²) in [6, 6.07) is 2.51. The van der Waals surface area contributed by atoms with Gasteiger partial charge in [-0.2, -0.15) is 0 Å². The van der Waals surface area contributed by atoms with Crippen molar-refractivity contribution in [1.82, 2.24) is 4.90 Å². The molecule has 0 aliphatic carbocycles. The lowest BCUT2D eigenvalue weighted by molar-refractivity contribution is -0.385. The smallest absolute Gasteiger partial charge is 0.286 e. The monoisotopic (exact) mass is 325 g/mol. The van der Waals surface area contributed by atoms with Crippen LogP contribution in [0.2, 0.25) is 0 Å². The van der Waals surface area contributed by atoms with Crippen LogP contribution >= 0.6 is 0 Å². The van der Waals surface area contributed by atoms with Crippen LogP contribution in [0.3, 0.4) is 0 Å². The Hall–Kier alpha value is -2.39. The van der Waals surface area contributed by atoms with E-state index in [4.69, 9.17) is 19.9 Å². The number of rotatable bonds is 5. The minimum Gasteiger partial charge on any atom is -0.493 e. The molecule has 1 aromatic rings. The molecule has 1 aliphatic heterocycles. The molecule has 9 heteroatoms. The molecule has 2 N–H and O–H groups in total. The van der Waals surface area contributed by atoms with Crippen molar-refractivity contribution in [2.75, 3.05) is 40.5 Å². The molecule has 1 amide bonds. The molecule has 1 heterocycles. The first-order valence-corrected chi connectivity index (χ1v) is 7.03. The zero-order chi connectivity index (χ0) is 17.0. The predicted octanol–water partition coefficient (Wildman–Crippen LogP) is 0.412. The van der Waals surface area contributed by atoms with Gasteiger partial charge in [0.2, 0.25) is 0 Å². The van der Waals surface area contributed by atoms with Crippen molar-refractivity contribution in [1.29, 1.82) is 0 Å². The van der Waals surface area contributed by atoms with Gasteiger partial charge < -0.3 is 24.8 Å². The summed E-state index contributed by atoms with van der Waals surface area (Å²) in [5.41, 5.74) is 5.18. The first-order valence-electron chi connectivity index (χ1n) is 7.03. The van der Waals surface area contributed by atoms with E-state index in [9.17, 15) is 14.9 Å².